The van der Waals surface area contributed by atoms with Crippen molar-refractivity contribution in [2.45, 2.75) is 32.6 Å². The van der Waals surface area contributed by atoms with E-state index in [4.69, 9.17) is 9.47 Å². The summed E-state index contributed by atoms with van der Waals surface area (Å²) in [7, 11) is -0.567. The number of amides is 1. The number of anilines is 2. The fraction of sp³-hybridized carbons (Fsp3) is 0.381. The summed E-state index contributed by atoms with van der Waals surface area (Å²) in [6, 6.07) is 8.04. The molecule has 1 N–H and O–H groups in total. The van der Waals surface area contributed by atoms with Crippen LogP contribution in [0.3, 0.4) is 0 Å². The van der Waals surface area contributed by atoms with E-state index in [0.717, 1.165) is 11.1 Å². The summed E-state index contributed by atoms with van der Waals surface area (Å²) >= 11 is 0. The third-order valence-corrected chi connectivity index (χ3v) is 6.35. The highest BCUT2D eigenvalue weighted by Crippen LogP contribution is 2.38. The Morgan fingerprint density at radius 3 is 2.34 bits per heavy atom. The number of ether oxygens (including phenoxy) is 2. The lowest BCUT2D eigenvalue weighted by Gasteiger charge is -2.24. The van der Waals surface area contributed by atoms with Crippen LogP contribution in [0.15, 0.2) is 35.2 Å². The molecule has 0 fully saturated rings. The van der Waals surface area contributed by atoms with Crippen LogP contribution in [0.1, 0.15) is 25.0 Å². The van der Waals surface area contributed by atoms with Gasteiger partial charge in [-0.05, 0) is 63.1 Å². The molecule has 1 aliphatic rings. The van der Waals surface area contributed by atoms with Gasteiger partial charge in [0, 0.05) is 13.1 Å². The number of rotatable bonds is 4. The van der Waals surface area contributed by atoms with E-state index < -0.39 is 15.4 Å². The van der Waals surface area contributed by atoms with Gasteiger partial charge in [0.2, 0.25) is 5.91 Å². The van der Waals surface area contributed by atoms with Crippen LogP contribution < -0.4 is 19.1 Å². The van der Waals surface area contributed by atoms with Crippen LogP contribution in [-0.4, -0.2) is 35.1 Å². The second kappa shape index (κ2) is 7.26. The number of hydrogen-bond acceptors (Lipinski definition) is 5. The Morgan fingerprint density at radius 2 is 1.76 bits per heavy atom. The van der Waals surface area contributed by atoms with E-state index >= 15 is 0 Å². The van der Waals surface area contributed by atoms with E-state index in [-0.39, 0.29) is 17.4 Å². The number of carbonyl (C=O) groups excluding carboxylic acids is 1. The highest BCUT2D eigenvalue weighted by atomic mass is 32.2. The lowest BCUT2D eigenvalue weighted by molar-refractivity contribution is -0.127. The first kappa shape index (κ1) is 21.0. The molecule has 0 saturated heterocycles. The standard InChI is InChI=1S/C21H26N2O5S/c1-13-9-16(10-14(2)19(13)27-6)29(25,26)22-15-7-8-17-18(11-15)28-12-21(3,4)20(24)23(17)5/h7-11,22H,12H2,1-6H3. The predicted octanol–water partition coefficient (Wildman–Crippen LogP) is 3.49. The molecule has 0 radical (unpaired) electrons. The number of nitrogens with zero attached hydrogens (tertiary/aromatic N) is 1. The molecule has 0 saturated carbocycles. The topological polar surface area (TPSA) is 84.9 Å². The normalized spacial score (nSPS) is 15.9. The summed E-state index contributed by atoms with van der Waals surface area (Å²) in [5, 5.41) is 0. The van der Waals surface area contributed by atoms with E-state index in [0.29, 0.717) is 22.9 Å². The number of nitrogens with one attached hydrogen (secondary N) is 1. The molecule has 1 amide bonds. The smallest absolute Gasteiger partial charge is 0.261 e. The minimum absolute atomic E-state index is 0.0613. The minimum Gasteiger partial charge on any atom is -0.496 e. The molecule has 2 aromatic rings. The molecule has 1 heterocycles. The van der Waals surface area contributed by atoms with E-state index in [2.05, 4.69) is 4.72 Å². The highest BCUT2D eigenvalue weighted by molar-refractivity contribution is 7.92. The van der Waals surface area contributed by atoms with Gasteiger partial charge in [0.1, 0.15) is 18.1 Å². The zero-order valence-corrected chi connectivity index (χ0v) is 18.3. The van der Waals surface area contributed by atoms with Crippen molar-refractivity contribution in [1.29, 1.82) is 0 Å². The Labute approximate surface area is 171 Å². The van der Waals surface area contributed by atoms with Gasteiger partial charge in [-0.25, -0.2) is 8.42 Å². The summed E-state index contributed by atoms with van der Waals surface area (Å²) in [4.78, 5) is 14.3. The Balaban J connectivity index is 1.94. The van der Waals surface area contributed by atoms with E-state index in [1.54, 1.807) is 58.3 Å². The van der Waals surface area contributed by atoms with Crippen LogP contribution in [0.5, 0.6) is 11.5 Å². The fourth-order valence-electron chi connectivity index (χ4n) is 3.46. The summed E-state index contributed by atoms with van der Waals surface area (Å²) in [5.74, 6) is 1.06. The number of aryl methyl sites for hydroxylation is 2. The second-order valence-electron chi connectivity index (χ2n) is 7.92. The molecule has 0 aromatic heterocycles. The first-order valence-electron chi connectivity index (χ1n) is 9.19. The zero-order valence-electron chi connectivity index (χ0n) is 17.5. The summed E-state index contributed by atoms with van der Waals surface area (Å²) in [6.45, 7) is 7.44. The van der Waals surface area contributed by atoms with Crippen molar-refractivity contribution < 1.29 is 22.7 Å². The molecule has 7 nitrogen and oxygen atoms in total. The second-order valence-corrected chi connectivity index (χ2v) is 9.60. The predicted molar refractivity (Wildman–Crippen MR) is 112 cm³/mol. The molecule has 0 unspecified atom stereocenters. The lowest BCUT2D eigenvalue weighted by atomic mass is 9.93. The number of sulfonamides is 1. The average molecular weight is 419 g/mol. The Bertz CT molecular complexity index is 1050. The van der Waals surface area contributed by atoms with Crippen LogP contribution in [0, 0.1) is 19.3 Å². The van der Waals surface area contributed by atoms with Crippen molar-refractivity contribution in [3.05, 3.63) is 41.5 Å². The van der Waals surface area contributed by atoms with Crippen molar-refractivity contribution in [1.82, 2.24) is 0 Å². The van der Waals surface area contributed by atoms with Crippen molar-refractivity contribution in [3.63, 3.8) is 0 Å². The quantitative estimate of drug-likeness (QED) is 0.822. The number of methoxy groups -OCH3 is 1. The third-order valence-electron chi connectivity index (χ3n) is 4.99. The van der Waals surface area contributed by atoms with Crippen LogP contribution in [-0.2, 0) is 14.8 Å². The largest absolute Gasteiger partial charge is 0.496 e. The highest BCUT2D eigenvalue weighted by Gasteiger charge is 2.36. The third kappa shape index (κ3) is 3.89. The Kier molecular flexibility index (Phi) is 5.25. The molecule has 1 aliphatic heterocycles. The molecule has 29 heavy (non-hydrogen) atoms. The number of benzene rings is 2. The van der Waals surface area contributed by atoms with Gasteiger partial charge in [-0.1, -0.05) is 0 Å². The van der Waals surface area contributed by atoms with Crippen molar-refractivity contribution in [3.8, 4) is 11.5 Å². The van der Waals surface area contributed by atoms with E-state index in [1.807, 2.05) is 13.8 Å². The summed E-state index contributed by atoms with van der Waals surface area (Å²) in [5.41, 5.74) is 1.75. The first-order valence-corrected chi connectivity index (χ1v) is 10.7. The van der Waals surface area contributed by atoms with Crippen LogP contribution in [0.4, 0.5) is 11.4 Å². The van der Waals surface area contributed by atoms with Gasteiger partial charge in [-0.15, -0.1) is 0 Å². The first-order chi connectivity index (χ1) is 13.5. The average Bonchev–Trinajstić information content (AvgIpc) is 2.72. The SMILES string of the molecule is COc1c(C)cc(S(=O)(=O)Nc2ccc3c(c2)OCC(C)(C)C(=O)N3C)cc1C. The van der Waals surface area contributed by atoms with Crippen molar-refractivity contribution in [2.75, 3.05) is 30.4 Å². The van der Waals surface area contributed by atoms with Crippen LogP contribution in [0.2, 0.25) is 0 Å². The summed E-state index contributed by atoms with van der Waals surface area (Å²) < 4.78 is 39.5. The fourth-order valence-corrected chi connectivity index (χ4v) is 4.67. The molecular weight excluding hydrogens is 392 g/mol. The molecule has 0 atom stereocenters. The molecule has 8 heteroatoms. The van der Waals surface area contributed by atoms with Crippen LogP contribution in [0.25, 0.3) is 0 Å². The molecule has 156 valence electrons. The molecule has 0 bridgehead atoms. The maximum absolute atomic E-state index is 12.9. The van der Waals surface area contributed by atoms with Gasteiger partial charge in [0.05, 0.1) is 28.8 Å². The van der Waals surface area contributed by atoms with Gasteiger partial charge < -0.3 is 14.4 Å². The maximum Gasteiger partial charge on any atom is 0.261 e. The van der Waals surface area contributed by atoms with Gasteiger partial charge in [0.15, 0.2) is 0 Å². The maximum atomic E-state index is 12.9. The van der Waals surface area contributed by atoms with Gasteiger partial charge in [-0.2, -0.15) is 0 Å². The van der Waals surface area contributed by atoms with E-state index in [1.165, 1.54) is 4.90 Å². The van der Waals surface area contributed by atoms with Crippen molar-refractivity contribution in [2.24, 2.45) is 5.41 Å². The van der Waals surface area contributed by atoms with Gasteiger partial charge >= 0.3 is 0 Å². The van der Waals surface area contributed by atoms with Crippen molar-refractivity contribution >= 4 is 27.3 Å². The molecule has 0 aliphatic carbocycles. The summed E-state index contributed by atoms with van der Waals surface area (Å²) in [6.07, 6.45) is 0. The molecule has 3 rings (SSSR count). The lowest BCUT2D eigenvalue weighted by Crippen LogP contribution is -2.39. The van der Waals surface area contributed by atoms with Gasteiger partial charge in [-0.3, -0.25) is 9.52 Å². The molecule has 0 spiro atoms. The van der Waals surface area contributed by atoms with E-state index in [9.17, 15) is 13.2 Å². The number of hydrogen-bond donors (Lipinski definition) is 1. The molecular formula is C21H26N2O5S. The Morgan fingerprint density at radius 1 is 1.14 bits per heavy atom. The molecule has 2 aromatic carbocycles. The number of carbonyl (C=O) groups is 1. The van der Waals surface area contributed by atoms with Crippen LogP contribution >= 0.6 is 0 Å². The minimum atomic E-state index is -3.81. The zero-order chi connectivity index (χ0) is 21.6. The monoisotopic (exact) mass is 418 g/mol. The van der Waals surface area contributed by atoms with Gasteiger partial charge in [0.25, 0.3) is 10.0 Å². The Hall–Kier alpha value is -2.74. The number of fused-ring (bicyclic) bond motifs is 1.